The molecule has 5 nitrogen and oxygen atoms in total. The van der Waals surface area contributed by atoms with Crippen LogP contribution in [-0.4, -0.2) is 36.0 Å². The molecule has 128 valence electrons. The third-order valence-corrected chi connectivity index (χ3v) is 5.13. The van der Waals surface area contributed by atoms with Crippen LogP contribution in [0.2, 0.25) is 0 Å². The van der Waals surface area contributed by atoms with Crippen molar-refractivity contribution in [3.8, 4) is 0 Å². The van der Waals surface area contributed by atoms with Crippen molar-refractivity contribution in [1.29, 1.82) is 0 Å². The molecular formula is C19H26N4O. The SMILES string of the molecule is c1ccc(C2OCCCC2CNCC2CNc3ccnn3C2)cc1. The second-order valence-corrected chi connectivity index (χ2v) is 6.91. The monoisotopic (exact) mass is 326 g/mol. The summed E-state index contributed by atoms with van der Waals surface area (Å²) < 4.78 is 8.15. The molecule has 2 aliphatic rings. The fraction of sp³-hybridized carbons (Fsp3) is 0.526. The fourth-order valence-corrected chi connectivity index (χ4v) is 3.86. The van der Waals surface area contributed by atoms with Crippen molar-refractivity contribution >= 4 is 5.82 Å². The number of rotatable bonds is 5. The molecule has 2 aromatic rings. The van der Waals surface area contributed by atoms with Crippen LogP contribution < -0.4 is 10.6 Å². The average Bonchev–Trinajstić information content (AvgIpc) is 3.11. The molecule has 2 aliphatic heterocycles. The predicted octanol–water partition coefficient (Wildman–Crippen LogP) is 2.68. The van der Waals surface area contributed by atoms with E-state index in [4.69, 9.17) is 4.74 Å². The van der Waals surface area contributed by atoms with Gasteiger partial charge in [-0.05, 0) is 18.4 Å². The number of benzene rings is 1. The zero-order valence-electron chi connectivity index (χ0n) is 14.0. The van der Waals surface area contributed by atoms with E-state index in [-0.39, 0.29) is 6.10 Å². The Hall–Kier alpha value is -1.85. The number of hydrogen-bond donors (Lipinski definition) is 2. The summed E-state index contributed by atoms with van der Waals surface area (Å²) in [6.45, 7) is 4.92. The lowest BCUT2D eigenvalue weighted by Crippen LogP contribution is -2.38. The minimum absolute atomic E-state index is 0.231. The van der Waals surface area contributed by atoms with Gasteiger partial charge in [0.1, 0.15) is 5.82 Å². The summed E-state index contributed by atoms with van der Waals surface area (Å²) in [6, 6.07) is 12.7. The van der Waals surface area contributed by atoms with Crippen molar-refractivity contribution in [1.82, 2.24) is 15.1 Å². The number of hydrogen-bond acceptors (Lipinski definition) is 4. The van der Waals surface area contributed by atoms with Crippen molar-refractivity contribution in [3.05, 3.63) is 48.2 Å². The van der Waals surface area contributed by atoms with Gasteiger partial charge >= 0.3 is 0 Å². The largest absolute Gasteiger partial charge is 0.373 e. The third-order valence-electron chi connectivity index (χ3n) is 5.13. The van der Waals surface area contributed by atoms with Gasteiger partial charge in [-0.2, -0.15) is 5.10 Å². The van der Waals surface area contributed by atoms with Crippen molar-refractivity contribution in [3.63, 3.8) is 0 Å². The number of ether oxygens (including phenoxy) is 1. The molecule has 0 radical (unpaired) electrons. The Labute approximate surface area is 143 Å². The van der Waals surface area contributed by atoms with E-state index in [0.29, 0.717) is 11.8 Å². The lowest BCUT2D eigenvalue weighted by molar-refractivity contribution is -0.0279. The van der Waals surface area contributed by atoms with Gasteiger partial charge in [0.05, 0.1) is 12.3 Å². The van der Waals surface area contributed by atoms with Crippen LogP contribution in [0, 0.1) is 11.8 Å². The third kappa shape index (κ3) is 3.47. The Morgan fingerprint density at radius 3 is 3.04 bits per heavy atom. The van der Waals surface area contributed by atoms with Gasteiger partial charge in [-0.25, -0.2) is 4.68 Å². The first-order valence-corrected chi connectivity index (χ1v) is 9.03. The molecule has 3 heterocycles. The molecule has 1 saturated heterocycles. The Morgan fingerprint density at radius 1 is 1.21 bits per heavy atom. The zero-order chi connectivity index (χ0) is 16.2. The molecule has 24 heavy (non-hydrogen) atoms. The van der Waals surface area contributed by atoms with Crippen LogP contribution >= 0.6 is 0 Å². The number of anilines is 1. The van der Waals surface area contributed by atoms with Crippen molar-refractivity contribution in [2.24, 2.45) is 11.8 Å². The highest BCUT2D eigenvalue weighted by Gasteiger charge is 2.27. The summed E-state index contributed by atoms with van der Waals surface area (Å²) in [5, 5.41) is 11.5. The van der Waals surface area contributed by atoms with Crippen molar-refractivity contribution in [2.45, 2.75) is 25.5 Å². The molecular weight excluding hydrogens is 300 g/mol. The Morgan fingerprint density at radius 2 is 2.12 bits per heavy atom. The maximum atomic E-state index is 6.09. The summed E-state index contributed by atoms with van der Waals surface area (Å²) in [4.78, 5) is 0. The molecule has 0 saturated carbocycles. The van der Waals surface area contributed by atoms with E-state index >= 15 is 0 Å². The van der Waals surface area contributed by atoms with Crippen LogP contribution in [0.4, 0.5) is 5.82 Å². The van der Waals surface area contributed by atoms with Gasteiger partial charge in [0, 0.05) is 50.7 Å². The van der Waals surface area contributed by atoms with Crippen LogP contribution in [0.25, 0.3) is 0 Å². The maximum absolute atomic E-state index is 6.09. The zero-order valence-corrected chi connectivity index (χ0v) is 14.0. The van der Waals surface area contributed by atoms with Crippen LogP contribution in [-0.2, 0) is 11.3 Å². The molecule has 1 aromatic carbocycles. The van der Waals surface area contributed by atoms with Crippen molar-refractivity contribution in [2.75, 3.05) is 31.6 Å². The molecule has 5 heteroatoms. The van der Waals surface area contributed by atoms with E-state index in [1.54, 1.807) is 0 Å². The molecule has 0 amide bonds. The number of aromatic nitrogens is 2. The van der Waals surface area contributed by atoms with Gasteiger partial charge in [-0.1, -0.05) is 30.3 Å². The first-order valence-electron chi connectivity index (χ1n) is 9.03. The Bertz CT molecular complexity index is 642. The fourth-order valence-electron chi connectivity index (χ4n) is 3.86. The minimum atomic E-state index is 0.231. The van der Waals surface area contributed by atoms with Gasteiger partial charge in [-0.3, -0.25) is 0 Å². The lowest BCUT2D eigenvalue weighted by atomic mass is 9.89. The van der Waals surface area contributed by atoms with E-state index in [9.17, 15) is 0 Å². The Kier molecular flexibility index (Phi) is 4.81. The highest BCUT2D eigenvalue weighted by molar-refractivity contribution is 5.35. The van der Waals surface area contributed by atoms with Gasteiger partial charge in [-0.15, -0.1) is 0 Å². The predicted molar refractivity (Wildman–Crippen MR) is 94.9 cm³/mol. The van der Waals surface area contributed by atoms with Gasteiger partial charge in [0.2, 0.25) is 0 Å². The van der Waals surface area contributed by atoms with E-state index in [0.717, 1.165) is 45.0 Å². The smallest absolute Gasteiger partial charge is 0.124 e. The van der Waals surface area contributed by atoms with Crippen molar-refractivity contribution < 1.29 is 4.74 Å². The summed E-state index contributed by atoms with van der Waals surface area (Å²) in [5.74, 6) is 2.27. The van der Waals surface area contributed by atoms with Crippen LogP contribution in [0.15, 0.2) is 42.6 Å². The van der Waals surface area contributed by atoms with Gasteiger partial charge in [0.15, 0.2) is 0 Å². The van der Waals surface area contributed by atoms with E-state index in [1.807, 2.05) is 12.3 Å². The molecule has 4 rings (SSSR count). The highest BCUT2D eigenvalue weighted by atomic mass is 16.5. The summed E-state index contributed by atoms with van der Waals surface area (Å²) in [7, 11) is 0. The van der Waals surface area contributed by atoms with Gasteiger partial charge < -0.3 is 15.4 Å². The standard InChI is InChI=1S/C19H26N4O/c1-2-5-16(6-3-1)19-17(7-4-10-24-19)13-20-11-15-12-21-18-8-9-22-23(18)14-15/h1-3,5-6,8-9,15,17,19-21H,4,7,10-14H2. The topological polar surface area (TPSA) is 51.1 Å². The molecule has 1 aromatic heterocycles. The normalized spacial score (nSPS) is 26.6. The molecule has 1 fully saturated rings. The van der Waals surface area contributed by atoms with E-state index in [1.165, 1.54) is 12.0 Å². The second-order valence-electron chi connectivity index (χ2n) is 6.91. The van der Waals surface area contributed by atoms with Crippen LogP contribution in [0.1, 0.15) is 24.5 Å². The van der Waals surface area contributed by atoms with Gasteiger partial charge in [0.25, 0.3) is 0 Å². The highest BCUT2D eigenvalue weighted by Crippen LogP contribution is 2.33. The van der Waals surface area contributed by atoms with E-state index < -0.39 is 0 Å². The quantitative estimate of drug-likeness (QED) is 0.887. The molecule has 3 unspecified atom stereocenters. The summed E-state index contributed by atoms with van der Waals surface area (Å²) >= 11 is 0. The number of nitrogens with one attached hydrogen (secondary N) is 2. The minimum Gasteiger partial charge on any atom is -0.373 e. The van der Waals surface area contributed by atoms with Crippen LogP contribution in [0.3, 0.4) is 0 Å². The lowest BCUT2D eigenvalue weighted by Gasteiger charge is -2.33. The average molecular weight is 326 g/mol. The summed E-state index contributed by atoms with van der Waals surface area (Å²) in [6.07, 6.45) is 4.49. The molecule has 0 spiro atoms. The van der Waals surface area contributed by atoms with Crippen LogP contribution in [0.5, 0.6) is 0 Å². The second kappa shape index (κ2) is 7.36. The number of fused-ring (bicyclic) bond motifs is 1. The first-order chi connectivity index (χ1) is 11.9. The molecule has 0 bridgehead atoms. The first kappa shape index (κ1) is 15.7. The molecule has 0 aliphatic carbocycles. The molecule has 2 N–H and O–H groups in total. The molecule has 3 atom stereocenters. The summed E-state index contributed by atoms with van der Waals surface area (Å²) in [5.41, 5.74) is 1.31. The maximum Gasteiger partial charge on any atom is 0.124 e. The van der Waals surface area contributed by atoms with E-state index in [2.05, 4.69) is 50.7 Å². The Balaban J connectivity index is 1.30. The number of nitrogens with zero attached hydrogens (tertiary/aromatic N) is 2.